The van der Waals surface area contributed by atoms with Crippen molar-refractivity contribution in [3.05, 3.63) is 51.1 Å². The SMILES string of the molecule is C=CC(=O)Oc1cccc([N+](=O)[O-])c1[N+](=O)[O-]. The Kier molecular flexibility index (Phi) is 3.50. The van der Waals surface area contributed by atoms with Crippen LogP contribution in [0.5, 0.6) is 5.75 Å². The number of nitro groups is 2. The highest BCUT2D eigenvalue weighted by molar-refractivity contribution is 5.84. The van der Waals surface area contributed by atoms with Gasteiger partial charge in [-0.1, -0.05) is 12.6 Å². The average Bonchev–Trinajstić information content (AvgIpc) is 2.28. The van der Waals surface area contributed by atoms with Gasteiger partial charge in [-0.2, -0.15) is 0 Å². The number of hydrogen-bond acceptors (Lipinski definition) is 6. The number of nitrogens with zero attached hydrogens (tertiary/aromatic N) is 2. The van der Waals surface area contributed by atoms with Crippen molar-refractivity contribution < 1.29 is 19.4 Å². The lowest BCUT2D eigenvalue weighted by atomic mass is 10.2. The van der Waals surface area contributed by atoms with Crippen LogP contribution in [0, 0.1) is 20.2 Å². The molecule has 0 radical (unpaired) electrons. The number of para-hydroxylation sites is 1. The van der Waals surface area contributed by atoms with E-state index < -0.39 is 32.9 Å². The van der Waals surface area contributed by atoms with Crippen LogP contribution < -0.4 is 4.74 Å². The van der Waals surface area contributed by atoms with E-state index in [1.807, 2.05) is 0 Å². The second-order valence-corrected chi connectivity index (χ2v) is 2.76. The third-order valence-corrected chi connectivity index (χ3v) is 1.73. The Hall–Kier alpha value is -2.77. The van der Waals surface area contributed by atoms with Gasteiger partial charge in [0.25, 0.3) is 0 Å². The summed E-state index contributed by atoms with van der Waals surface area (Å²) in [7, 11) is 0. The summed E-state index contributed by atoms with van der Waals surface area (Å²) in [5.74, 6) is -1.43. The van der Waals surface area contributed by atoms with Crippen molar-refractivity contribution in [2.45, 2.75) is 0 Å². The average molecular weight is 238 g/mol. The summed E-state index contributed by atoms with van der Waals surface area (Å²) in [5, 5.41) is 21.3. The number of rotatable bonds is 4. The molecule has 0 unspecified atom stereocenters. The summed E-state index contributed by atoms with van der Waals surface area (Å²) in [4.78, 5) is 30.3. The first-order chi connectivity index (χ1) is 7.97. The molecule has 0 bridgehead atoms. The van der Waals surface area contributed by atoms with Crippen LogP contribution >= 0.6 is 0 Å². The Balaban J connectivity index is 3.34. The highest BCUT2D eigenvalue weighted by atomic mass is 16.6. The summed E-state index contributed by atoms with van der Waals surface area (Å²) in [6.45, 7) is 3.11. The quantitative estimate of drug-likeness (QED) is 0.259. The second-order valence-electron chi connectivity index (χ2n) is 2.76. The lowest BCUT2D eigenvalue weighted by Crippen LogP contribution is -2.06. The molecule has 0 fully saturated rings. The molecule has 0 aliphatic heterocycles. The van der Waals surface area contributed by atoms with Gasteiger partial charge in [-0.25, -0.2) is 4.79 Å². The Bertz CT molecular complexity index is 510. The molecule has 1 aromatic carbocycles. The molecule has 0 saturated heterocycles. The monoisotopic (exact) mass is 238 g/mol. The van der Waals surface area contributed by atoms with Crippen molar-refractivity contribution in [1.29, 1.82) is 0 Å². The molecule has 0 heterocycles. The Morgan fingerprint density at radius 2 is 1.94 bits per heavy atom. The van der Waals surface area contributed by atoms with Gasteiger partial charge in [-0.3, -0.25) is 20.2 Å². The molecule has 0 N–H and O–H groups in total. The topological polar surface area (TPSA) is 113 Å². The van der Waals surface area contributed by atoms with E-state index in [0.29, 0.717) is 0 Å². The van der Waals surface area contributed by atoms with Crippen molar-refractivity contribution in [1.82, 2.24) is 0 Å². The number of benzene rings is 1. The van der Waals surface area contributed by atoms with E-state index in [0.717, 1.165) is 18.2 Å². The van der Waals surface area contributed by atoms with E-state index >= 15 is 0 Å². The first-order valence-electron chi connectivity index (χ1n) is 4.23. The number of ether oxygens (including phenoxy) is 1. The van der Waals surface area contributed by atoms with Crippen molar-refractivity contribution in [2.75, 3.05) is 0 Å². The molecule has 1 rings (SSSR count). The predicted molar refractivity (Wildman–Crippen MR) is 55.6 cm³/mol. The number of nitro benzene ring substituents is 2. The third-order valence-electron chi connectivity index (χ3n) is 1.73. The van der Waals surface area contributed by atoms with E-state index in [2.05, 4.69) is 11.3 Å². The van der Waals surface area contributed by atoms with Crippen LogP contribution in [0.25, 0.3) is 0 Å². The molecule has 0 atom stereocenters. The highest BCUT2D eigenvalue weighted by Crippen LogP contribution is 2.36. The molecule has 0 amide bonds. The second kappa shape index (κ2) is 4.84. The molecular weight excluding hydrogens is 232 g/mol. The van der Waals surface area contributed by atoms with Crippen LogP contribution in [0.2, 0.25) is 0 Å². The maximum absolute atomic E-state index is 10.9. The minimum Gasteiger partial charge on any atom is -0.416 e. The molecule has 0 aliphatic carbocycles. The fourth-order valence-electron chi connectivity index (χ4n) is 1.07. The van der Waals surface area contributed by atoms with Crippen LogP contribution in [-0.2, 0) is 4.79 Å². The van der Waals surface area contributed by atoms with Crippen LogP contribution in [0.3, 0.4) is 0 Å². The summed E-state index contributed by atoms with van der Waals surface area (Å²) in [6, 6.07) is 3.22. The van der Waals surface area contributed by atoms with E-state index in [-0.39, 0.29) is 0 Å². The van der Waals surface area contributed by atoms with Crippen LogP contribution in [0.1, 0.15) is 0 Å². The predicted octanol–water partition coefficient (Wildman–Crippen LogP) is 1.59. The standard InChI is InChI=1S/C9H6N2O6/c1-2-8(12)17-7-5-3-4-6(10(13)14)9(7)11(15)16/h2-5H,1H2. The van der Waals surface area contributed by atoms with Crippen LogP contribution in [-0.4, -0.2) is 15.8 Å². The Labute approximate surface area is 94.4 Å². The fraction of sp³-hybridized carbons (Fsp3) is 0. The molecule has 17 heavy (non-hydrogen) atoms. The maximum Gasteiger partial charge on any atom is 0.388 e. The van der Waals surface area contributed by atoms with Gasteiger partial charge in [0.1, 0.15) is 0 Å². The minimum atomic E-state index is -0.982. The van der Waals surface area contributed by atoms with Gasteiger partial charge in [0.05, 0.1) is 9.85 Å². The summed E-state index contributed by atoms with van der Waals surface area (Å²) >= 11 is 0. The lowest BCUT2D eigenvalue weighted by Gasteiger charge is -2.02. The van der Waals surface area contributed by atoms with Crippen LogP contribution in [0.4, 0.5) is 11.4 Å². The van der Waals surface area contributed by atoms with Crippen molar-refractivity contribution in [3.63, 3.8) is 0 Å². The number of carbonyl (C=O) groups excluding carboxylic acids is 1. The summed E-state index contributed by atoms with van der Waals surface area (Å²) < 4.78 is 4.54. The number of esters is 1. The summed E-state index contributed by atoms with van der Waals surface area (Å²) in [6.07, 6.45) is 0.794. The van der Waals surface area contributed by atoms with Gasteiger partial charge in [-0.05, 0) is 6.07 Å². The molecule has 8 heteroatoms. The molecule has 0 saturated carbocycles. The zero-order valence-electron chi connectivity index (χ0n) is 8.36. The summed E-state index contributed by atoms with van der Waals surface area (Å²) in [5.41, 5.74) is -1.61. The molecule has 0 aromatic heterocycles. The van der Waals surface area contributed by atoms with E-state index in [4.69, 9.17) is 0 Å². The molecule has 8 nitrogen and oxygen atoms in total. The first kappa shape index (κ1) is 12.3. The third kappa shape index (κ3) is 2.62. The fourth-order valence-corrected chi connectivity index (χ4v) is 1.07. The lowest BCUT2D eigenvalue weighted by molar-refractivity contribution is -0.423. The van der Waals surface area contributed by atoms with Gasteiger partial charge in [0.2, 0.25) is 5.75 Å². The highest BCUT2D eigenvalue weighted by Gasteiger charge is 2.30. The van der Waals surface area contributed by atoms with Crippen molar-refractivity contribution in [2.24, 2.45) is 0 Å². The minimum absolute atomic E-state index is 0.492. The zero-order valence-corrected chi connectivity index (χ0v) is 8.36. The molecule has 88 valence electrons. The van der Waals surface area contributed by atoms with Crippen molar-refractivity contribution in [3.8, 4) is 5.75 Å². The number of carbonyl (C=O) groups is 1. The van der Waals surface area contributed by atoms with Crippen LogP contribution in [0.15, 0.2) is 30.9 Å². The normalized spacial score (nSPS) is 9.41. The molecule has 0 spiro atoms. The molecular formula is C9H6N2O6. The van der Waals surface area contributed by atoms with Gasteiger partial charge in [0, 0.05) is 12.1 Å². The van der Waals surface area contributed by atoms with E-state index in [1.165, 1.54) is 6.07 Å². The van der Waals surface area contributed by atoms with Gasteiger partial charge in [0.15, 0.2) is 0 Å². The maximum atomic E-state index is 10.9. The van der Waals surface area contributed by atoms with E-state index in [1.54, 1.807) is 0 Å². The Morgan fingerprint density at radius 1 is 1.29 bits per heavy atom. The van der Waals surface area contributed by atoms with Gasteiger partial charge < -0.3 is 4.74 Å². The van der Waals surface area contributed by atoms with Gasteiger partial charge in [-0.15, -0.1) is 0 Å². The van der Waals surface area contributed by atoms with Gasteiger partial charge >= 0.3 is 17.3 Å². The van der Waals surface area contributed by atoms with Crippen molar-refractivity contribution >= 4 is 17.3 Å². The largest absolute Gasteiger partial charge is 0.416 e. The molecule has 0 aliphatic rings. The van der Waals surface area contributed by atoms with E-state index in [9.17, 15) is 25.0 Å². The molecule has 1 aromatic rings. The zero-order chi connectivity index (χ0) is 13.0. The smallest absolute Gasteiger partial charge is 0.388 e. The number of hydrogen-bond donors (Lipinski definition) is 0. The first-order valence-corrected chi connectivity index (χ1v) is 4.23. The Morgan fingerprint density at radius 3 is 2.41 bits per heavy atom.